The van der Waals surface area contributed by atoms with Gasteiger partial charge in [0.2, 0.25) is 0 Å². The van der Waals surface area contributed by atoms with Crippen LogP contribution in [0.15, 0.2) is 30.3 Å². The minimum atomic E-state index is 0.378. The molecule has 0 bridgehead atoms. The fraction of sp³-hybridized carbons (Fsp3) is 0.400. The molecule has 66 valence electrons. The molecule has 12 heavy (non-hydrogen) atoms. The van der Waals surface area contributed by atoms with E-state index in [2.05, 4.69) is 35.0 Å². The molecule has 1 nitrogen and oxygen atoms in total. The van der Waals surface area contributed by atoms with Gasteiger partial charge in [0.1, 0.15) is 0 Å². The van der Waals surface area contributed by atoms with Crippen LogP contribution in [0.3, 0.4) is 0 Å². The molecule has 0 radical (unpaired) electrons. The second-order valence-electron chi connectivity index (χ2n) is 3.03. The number of nitrogens with two attached hydrogens (primary N) is 1. The van der Waals surface area contributed by atoms with Gasteiger partial charge in [0.05, 0.1) is 0 Å². The van der Waals surface area contributed by atoms with Gasteiger partial charge in [-0.05, 0) is 18.0 Å². The predicted molar refractivity (Wildman–Crippen MR) is 56.3 cm³/mol. The molecule has 2 N–H and O–H groups in total. The zero-order chi connectivity index (χ0) is 8.97. The van der Waals surface area contributed by atoms with E-state index >= 15 is 0 Å². The molecule has 2 unspecified atom stereocenters. The van der Waals surface area contributed by atoms with Crippen LogP contribution in [-0.4, -0.2) is 6.54 Å². The molecular weight excluding hydrogens is 214 g/mol. The molecule has 0 aliphatic rings. The van der Waals surface area contributed by atoms with Crippen molar-refractivity contribution in [3.63, 3.8) is 0 Å². The molecule has 0 heterocycles. The maximum atomic E-state index is 5.58. The lowest BCUT2D eigenvalue weighted by atomic mass is 10.0. The molecule has 0 saturated carbocycles. The quantitative estimate of drug-likeness (QED) is 0.791. The fourth-order valence-electron chi connectivity index (χ4n) is 1.08. The summed E-state index contributed by atoms with van der Waals surface area (Å²) in [4.78, 5) is 0.378. The first-order chi connectivity index (χ1) is 5.75. The molecule has 1 aromatic carbocycles. The standard InChI is InChI=1S/C10H14BrN/c1-8(7-12)10(11)9-5-3-2-4-6-9/h2-6,8,10H,7,12H2,1H3. The number of benzene rings is 1. The highest BCUT2D eigenvalue weighted by molar-refractivity contribution is 9.09. The minimum Gasteiger partial charge on any atom is -0.330 e. The lowest BCUT2D eigenvalue weighted by molar-refractivity contribution is 0.588. The molecule has 2 atom stereocenters. The molecular formula is C10H14BrN. The van der Waals surface area contributed by atoms with Crippen LogP contribution in [0.25, 0.3) is 0 Å². The van der Waals surface area contributed by atoms with Gasteiger partial charge in [-0.1, -0.05) is 53.2 Å². The normalized spacial score (nSPS) is 15.6. The fourth-order valence-corrected chi connectivity index (χ4v) is 1.61. The largest absolute Gasteiger partial charge is 0.330 e. The van der Waals surface area contributed by atoms with E-state index in [4.69, 9.17) is 5.73 Å². The Morgan fingerprint density at radius 3 is 2.42 bits per heavy atom. The lowest BCUT2D eigenvalue weighted by Gasteiger charge is -2.16. The number of halogens is 1. The highest BCUT2D eigenvalue weighted by Gasteiger charge is 2.13. The van der Waals surface area contributed by atoms with Crippen LogP contribution in [0.5, 0.6) is 0 Å². The van der Waals surface area contributed by atoms with Gasteiger partial charge in [-0.25, -0.2) is 0 Å². The average Bonchev–Trinajstić information content (AvgIpc) is 2.17. The van der Waals surface area contributed by atoms with Crippen LogP contribution in [-0.2, 0) is 0 Å². The summed E-state index contributed by atoms with van der Waals surface area (Å²) in [5, 5.41) is 0. The highest BCUT2D eigenvalue weighted by atomic mass is 79.9. The highest BCUT2D eigenvalue weighted by Crippen LogP contribution is 2.29. The second kappa shape index (κ2) is 4.63. The van der Waals surface area contributed by atoms with Crippen molar-refractivity contribution < 1.29 is 0 Å². The molecule has 0 amide bonds. The molecule has 0 aliphatic carbocycles. The third kappa shape index (κ3) is 2.32. The molecule has 0 aliphatic heterocycles. The Hall–Kier alpha value is -0.340. The summed E-state index contributed by atoms with van der Waals surface area (Å²) in [6.07, 6.45) is 0. The zero-order valence-electron chi connectivity index (χ0n) is 7.20. The third-order valence-electron chi connectivity index (χ3n) is 1.99. The summed E-state index contributed by atoms with van der Waals surface area (Å²) in [6, 6.07) is 10.4. The van der Waals surface area contributed by atoms with Crippen molar-refractivity contribution in [2.24, 2.45) is 11.7 Å². The van der Waals surface area contributed by atoms with Gasteiger partial charge in [-0.2, -0.15) is 0 Å². The summed E-state index contributed by atoms with van der Waals surface area (Å²) in [5.74, 6) is 0.479. The van der Waals surface area contributed by atoms with Gasteiger partial charge >= 0.3 is 0 Å². The SMILES string of the molecule is CC(CN)C(Br)c1ccccc1. The van der Waals surface area contributed by atoms with Crippen molar-refractivity contribution in [1.82, 2.24) is 0 Å². The van der Waals surface area contributed by atoms with Crippen LogP contribution in [0.2, 0.25) is 0 Å². The van der Waals surface area contributed by atoms with Crippen molar-refractivity contribution >= 4 is 15.9 Å². The van der Waals surface area contributed by atoms with E-state index in [0.717, 1.165) is 0 Å². The van der Waals surface area contributed by atoms with Crippen LogP contribution in [0.1, 0.15) is 17.3 Å². The Morgan fingerprint density at radius 2 is 1.92 bits per heavy atom. The Balaban J connectivity index is 2.71. The van der Waals surface area contributed by atoms with E-state index in [-0.39, 0.29) is 0 Å². The average molecular weight is 228 g/mol. The Morgan fingerprint density at radius 1 is 1.33 bits per heavy atom. The zero-order valence-corrected chi connectivity index (χ0v) is 8.79. The van der Waals surface area contributed by atoms with E-state index in [9.17, 15) is 0 Å². The summed E-state index contributed by atoms with van der Waals surface area (Å²) >= 11 is 3.63. The van der Waals surface area contributed by atoms with Gasteiger partial charge in [0, 0.05) is 4.83 Å². The Kier molecular flexibility index (Phi) is 3.76. The summed E-state index contributed by atoms with van der Waals surface area (Å²) in [6.45, 7) is 2.86. The first kappa shape index (κ1) is 9.75. The summed E-state index contributed by atoms with van der Waals surface area (Å²) < 4.78 is 0. The second-order valence-corrected chi connectivity index (χ2v) is 4.01. The van der Waals surface area contributed by atoms with Crippen molar-refractivity contribution in [3.05, 3.63) is 35.9 Å². The van der Waals surface area contributed by atoms with Crippen molar-refractivity contribution in [2.75, 3.05) is 6.54 Å². The van der Waals surface area contributed by atoms with Crippen molar-refractivity contribution in [1.29, 1.82) is 0 Å². The topological polar surface area (TPSA) is 26.0 Å². The van der Waals surface area contributed by atoms with Crippen molar-refractivity contribution in [3.8, 4) is 0 Å². The summed E-state index contributed by atoms with van der Waals surface area (Å²) in [5.41, 5.74) is 6.88. The molecule has 1 aromatic rings. The monoisotopic (exact) mass is 227 g/mol. The number of rotatable bonds is 3. The van der Waals surface area contributed by atoms with Crippen LogP contribution in [0.4, 0.5) is 0 Å². The van der Waals surface area contributed by atoms with Crippen LogP contribution < -0.4 is 5.73 Å². The smallest absolute Gasteiger partial charge is 0.0432 e. The van der Waals surface area contributed by atoms with Gasteiger partial charge in [-0.3, -0.25) is 0 Å². The van der Waals surface area contributed by atoms with E-state index in [0.29, 0.717) is 17.3 Å². The molecule has 1 rings (SSSR count). The third-order valence-corrected chi connectivity index (χ3v) is 3.42. The number of hydrogen-bond acceptors (Lipinski definition) is 1. The van der Waals surface area contributed by atoms with Crippen molar-refractivity contribution in [2.45, 2.75) is 11.8 Å². The van der Waals surface area contributed by atoms with Crippen LogP contribution in [0, 0.1) is 5.92 Å². The minimum absolute atomic E-state index is 0.378. The molecule has 0 spiro atoms. The van der Waals surface area contributed by atoms with E-state index in [1.165, 1.54) is 5.56 Å². The Bertz CT molecular complexity index is 223. The number of hydrogen-bond donors (Lipinski definition) is 1. The van der Waals surface area contributed by atoms with Gasteiger partial charge in [0.25, 0.3) is 0 Å². The maximum Gasteiger partial charge on any atom is 0.0432 e. The first-order valence-corrected chi connectivity index (χ1v) is 5.06. The van der Waals surface area contributed by atoms with Gasteiger partial charge < -0.3 is 5.73 Å². The van der Waals surface area contributed by atoms with Crippen LogP contribution >= 0.6 is 15.9 Å². The van der Waals surface area contributed by atoms with E-state index < -0.39 is 0 Å². The first-order valence-electron chi connectivity index (χ1n) is 4.14. The molecule has 0 fully saturated rings. The number of alkyl halides is 1. The molecule has 2 heteroatoms. The molecule has 0 aromatic heterocycles. The lowest BCUT2D eigenvalue weighted by Crippen LogP contribution is -2.15. The van der Waals surface area contributed by atoms with Gasteiger partial charge in [0.15, 0.2) is 0 Å². The Labute approximate surface area is 82.1 Å². The molecule has 0 saturated heterocycles. The summed E-state index contributed by atoms with van der Waals surface area (Å²) in [7, 11) is 0. The maximum absolute atomic E-state index is 5.58. The van der Waals surface area contributed by atoms with E-state index in [1.807, 2.05) is 18.2 Å². The predicted octanol–water partition coefficient (Wildman–Crippen LogP) is 2.72. The van der Waals surface area contributed by atoms with Gasteiger partial charge in [-0.15, -0.1) is 0 Å². The van der Waals surface area contributed by atoms with E-state index in [1.54, 1.807) is 0 Å².